The third-order valence-corrected chi connectivity index (χ3v) is 2.58. The van der Waals surface area contributed by atoms with E-state index in [1.807, 2.05) is 13.8 Å². The van der Waals surface area contributed by atoms with Gasteiger partial charge >= 0.3 is 5.69 Å². The number of nitrogens with zero attached hydrogens (tertiary/aromatic N) is 3. The smallest absolute Gasteiger partial charge is 0.308 e. The molecule has 7 nitrogen and oxygen atoms in total. The van der Waals surface area contributed by atoms with E-state index < -0.39 is 5.69 Å². The average Bonchev–Trinajstić information content (AvgIpc) is 2.80. The maximum atomic E-state index is 11.8. The third kappa shape index (κ3) is 3.27. The normalized spacial score (nSPS) is 10.7. The zero-order valence-corrected chi connectivity index (χ0v) is 10.8. The fourth-order valence-corrected chi connectivity index (χ4v) is 1.54. The molecule has 0 saturated heterocycles. The quantitative estimate of drug-likeness (QED) is 0.848. The molecule has 100 valence electrons. The predicted molar refractivity (Wildman–Crippen MR) is 69.8 cm³/mol. The lowest BCUT2D eigenvalue weighted by molar-refractivity contribution is -0.116. The van der Waals surface area contributed by atoms with E-state index in [0.29, 0.717) is 11.7 Å². The highest BCUT2D eigenvalue weighted by Crippen LogP contribution is 2.14. The van der Waals surface area contributed by atoms with Crippen molar-refractivity contribution in [3.63, 3.8) is 0 Å². The first-order valence-electron chi connectivity index (χ1n) is 5.93. The molecule has 0 radical (unpaired) electrons. The molecule has 7 heteroatoms. The molecule has 1 amide bonds. The summed E-state index contributed by atoms with van der Waals surface area (Å²) in [7, 11) is 0. The minimum Gasteiger partial charge on any atom is -0.308 e. The Morgan fingerprint density at radius 2 is 2.32 bits per heavy atom. The van der Waals surface area contributed by atoms with Gasteiger partial charge in [0.15, 0.2) is 5.82 Å². The van der Waals surface area contributed by atoms with Gasteiger partial charge in [0.1, 0.15) is 6.54 Å². The van der Waals surface area contributed by atoms with Gasteiger partial charge in [-0.15, -0.1) is 0 Å². The monoisotopic (exact) mass is 261 g/mol. The molecule has 0 aliphatic rings. The van der Waals surface area contributed by atoms with Crippen molar-refractivity contribution < 1.29 is 4.79 Å². The van der Waals surface area contributed by atoms with Crippen LogP contribution in [0.3, 0.4) is 0 Å². The molecule has 2 heterocycles. The van der Waals surface area contributed by atoms with Crippen LogP contribution in [0.25, 0.3) is 0 Å². The maximum absolute atomic E-state index is 11.8. The van der Waals surface area contributed by atoms with Crippen LogP contribution in [-0.2, 0) is 11.3 Å². The Bertz CT molecular complexity index is 629. The van der Waals surface area contributed by atoms with E-state index in [4.69, 9.17) is 0 Å². The van der Waals surface area contributed by atoms with Gasteiger partial charge in [-0.25, -0.2) is 9.78 Å². The van der Waals surface area contributed by atoms with Gasteiger partial charge < -0.3 is 5.32 Å². The molecule has 0 atom stereocenters. The van der Waals surface area contributed by atoms with Gasteiger partial charge in [0.05, 0.1) is 0 Å². The van der Waals surface area contributed by atoms with Gasteiger partial charge in [0.2, 0.25) is 5.91 Å². The van der Waals surface area contributed by atoms with Gasteiger partial charge in [0, 0.05) is 24.2 Å². The third-order valence-electron chi connectivity index (χ3n) is 2.58. The van der Waals surface area contributed by atoms with E-state index in [1.54, 1.807) is 12.1 Å². The minimum atomic E-state index is -0.456. The number of H-pyrrole nitrogens is 1. The minimum absolute atomic E-state index is 0.0868. The van der Waals surface area contributed by atoms with Gasteiger partial charge in [-0.05, 0) is 12.0 Å². The number of hydrogen-bond donors (Lipinski definition) is 2. The van der Waals surface area contributed by atoms with Crippen molar-refractivity contribution in [3.8, 4) is 0 Å². The zero-order valence-electron chi connectivity index (χ0n) is 10.8. The van der Waals surface area contributed by atoms with Gasteiger partial charge in [-0.3, -0.25) is 14.5 Å². The van der Waals surface area contributed by atoms with Gasteiger partial charge in [-0.1, -0.05) is 13.8 Å². The Morgan fingerprint density at radius 3 is 2.95 bits per heavy atom. The first-order valence-corrected chi connectivity index (χ1v) is 5.93. The predicted octanol–water partition coefficient (Wildman–Crippen LogP) is 0.728. The topological polar surface area (TPSA) is 92.7 Å². The van der Waals surface area contributed by atoms with Crippen LogP contribution in [-0.4, -0.2) is 25.7 Å². The summed E-state index contributed by atoms with van der Waals surface area (Å²) in [4.78, 5) is 26.7. The van der Waals surface area contributed by atoms with Crippen LogP contribution in [0.15, 0.2) is 29.3 Å². The van der Waals surface area contributed by atoms with Crippen molar-refractivity contribution in [2.45, 2.75) is 26.3 Å². The number of aromatic nitrogens is 4. The summed E-state index contributed by atoms with van der Waals surface area (Å²) in [5.41, 5.74) is 0.483. The molecular formula is C12H15N5O2. The highest BCUT2D eigenvalue weighted by Gasteiger charge is 2.09. The molecule has 2 rings (SSSR count). The molecule has 0 aromatic carbocycles. The zero-order chi connectivity index (χ0) is 13.8. The summed E-state index contributed by atoms with van der Waals surface area (Å²) >= 11 is 0. The molecular weight excluding hydrogens is 246 g/mol. The van der Waals surface area contributed by atoms with E-state index in [2.05, 4.69) is 20.5 Å². The second-order valence-electron chi connectivity index (χ2n) is 4.44. The van der Waals surface area contributed by atoms with Crippen LogP contribution in [0.5, 0.6) is 0 Å². The molecule has 0 saturated carbocycles. The van der Waals surface area contributed by atoms with Crippen LogP contribution >= 0.6 is 0 Å². The maximum Gasteiger partial charge on any atom is 0.347 e. The molecule has 0 aliphatic heterocycles. The first-order chi connectivity index (χ1) is 9.06. The lowest BCUT2D eigenvalue weighted by Crippen LogP contribution is -2.28. The number of rotatable bonds is 4. The largest absolute Gasteiger partial charge is 0.347 e. The van der Waals surface area contributed by atoms with Crippen LogP contribution in [0, 0.1) is 0 Å². The first kappa shape index (κ1) is 13.0. The summed E-state index contributed by atoms with van der Waals surface area (Å²) in [5, 5.41) is 9.45. The SMILES string of the molecule is CC(C)c1cc(NC(=O)Cn2cccnc2=O)n[nH]1. The van der Waals surface area contributed by atoms with E-state index in [1.165, 1.54) is 17.0 Å². The van der Waals surface area contributed by atoms with Crippen molar-refractivity contribution in [1.29, 1.82) is 0 Å². The lowest BCUT2D eigenvalue weighted by atomic mass is 10.1. The number of hydrogen-bond acceptors (Lipinski definition) is 4. The fraction of sp³-hybridized carbons (Fsp3) is 0.333. The molecule has 2 aromatic heterocycles. The number of amides is 1. The van der Waals surface area contributed by atoms with E-state index in [0.717, 1.165) is 5.69 Å². The number of carbonyl (C=O) groups is 1. The Morgan fingerprint density at radius 1 is 1.53 bits per heavy atom. The molecule has 0 fully saturated rings. The fourth-order valence-electron chi connectivity index (χ4n) is 1.54. The van der Waals surface area contributed by atoms with Crippen molar-refractivity contribution in [2.75, 3.05) is 5.32 Å². The average molecular weight is 261 g/mol. The summed E-state index contributed by atoms with van der Waals surface area (Å²) in [6.07, 6.45) is 2.90. The molecule has 2 aromatic rings. The summed E-state index contributed by atoms with van der Waals surface area (Å²) in [6.45, 7) is 3.96. The summed E-state index contributed by atoms with van der Waals surface area (Å²) < 4.78 is 1.23. The van der Waals surface area contributed by atoms with E-state index >= 15 is 0 Å². The van der Waals surface area contributed by atoms with Crippen LogP contribution in [0.4, 0.5) is 5.82 Å². The Labute approximate surface area is 109 Å². The van der Waals surface area contributed by atoms with Crippen molar-refractivity contribution in [3.05, 3.63) is 40.7 Å². The molecule has 0 spiro atoms. The molecule has 0 bridgehead atoms. The van der Waals surface area contributed by atoms with Crippen LogP contribution in [0.2, 0.25) is 0 Å². The van der Waals surface area contributed by atoms with Gasteiger partial charge in [0.25, 0.3) is 0 Å². The highest BCUT2D eigenvalue weighted by atomic mass is 16.2. The van der Waals surface area contributed by atoms with E-state index in [9.17, 15) is 9.59 Å². The molecule has 19 heavy (non-hydrogen) atoms. The number of carbonyl (C=O) groups excluding carboxylic acids is 1. The Kier molecular flexibility index (Phi) is 3.74. The standard InChI is InChI=1S/C12H15N5O2/c1-8(2)9-6-10(16-15-9)14-11(18)7-17-5-3-4-13-12(17)19/h3-6,8H,7H2,1-2H3,(H2,14,15,16,18). The lowest BCUT2D eigenvalue weighted by Gasteiger charge is -2.03. The number of nitrogens with one attached hydrogen (secondary N) is 2. The van der Waals surface area contributed by atoms with Crippen molar-refractivity contribution >= 4 is 11.7 Å². The highest BCUT2D eigenvalue weighted by molar-refractivity contribution is 5.89. The Hall–Kier alpha value is -2.44. The summed E-state index contributed by atoms with van der Waals surface area (Å²) in [5.74, 6) is 0.432. The summed E-state index contributed by atoms with van der Waals surface area (Å²) in [6, 6.07) is 3.37. The number of anilines is 1. The second kappa shape index (κ2) is 5.47. The number of aromatic amines is 1. The molecule has 0 unspecified atom stereocenters. The molecule has 2 N–H and O–H groups in total. The van der Waals surface area contributed by atoms with E-state index in [-0.39, 0.29) is 12.5 Å². The second-order valence-corrected chi connectivity index (χ2v) is 4.44. The van der Waals surface area contributed by atoms with Crippen LogP contribution < -0.4 is 11.0 Å². The molecule has 0 aliphatic carbocycles. The van der Waals surface area contributed by atoms with Crippen molar-refractivity contribution in [2.24, 2.45) is 0 Å². The van der Waals surface area contributed by atoms with Gasteiger partial charge in [-0.2, -0.15) is 5.10 Å². The Balaban J connectivity index is 2.01. The van der Waals surface area contributed by atoms with Crippen molar-refractivity contribution in [1.82, 2.24) is 19.7 Å². The van der Waals surface area contributed by atoms with Crippen LogP contribution in [0.1, 0.15) is 25.5 Å².